The van der Waals surface area contributed by atoms with Gasteiger partial charge in [-0.15, -0.1) is 0 Å². The first-order chi connectivity index (χ1) is 18.0. The lowest BCUT2D eigenvalue weighted by Crippen LogP contribution is -2.54. The minimum absolute atomic E-state index is 0.170. The summed E-state index contributed by atoms with van der Waals surface area (Å²) in [4.78, 5) is 28.6. The lowest BCUT2D eigenvalue weighted by molar-refractivity contribution is -0.140. The van der Waals surface area contributed by atoms with Crippen LogP contribution >= 0.6 is 0 Å². The van der Waals surface area contributed by atoms with Gasteiger partial charge in [0.05, 0.1) is 11.9 Å². The van der Waals surface area contributed by atoms with Crippen LogP contribution in [0.25, 0.3) is 0 Å². The van der Waals surface area contributed by atoms with Crippen LogP contribution in [0.4, 0.5) is 10.1 Å². The van der Waals surface area contributed by atoms with E-state index in [0.717, 1.165) is 21.7 Å². The molecule has 9 heteroatoms. The molecule has 0 bridgehead atoms. The van der Waals surface area contributed by atoms with Gasteiger partial charge in [-0.3, -0.25) is 13.9 Å². The molecule has 0 spiro atoms. The average Bonchev–Trinajstić information content (AvgIpc) is 2.85. The number of carbonyl (C=O) groups excluding carboxylic acids is 2. The number of hydrogen-bond acceptors (Lipinski definition) is 4. The van der Waals surface area contributed by atoms with Gasteiger partial charge < -0.3 is 10.2 Å². The summed E-state index contributed by atoms with van der Waals surface area (Å²) in [6, 6.07) is 20.8. The van der Waals surface area contributed by atoms with E-state index in [-0.39, 0.29) is 24.6 Å². The lowest BCUT2D eigenvalue weighted by Gasteiger charge is -2.34. The Bertz CT molecular complexity index is 1360. The molecule has 38 heavy (non-hydrogen) atoms. The summed E-state index contributed by atoms with van der Waals surface area (Å²) < 4.78 is 41.3. The highest BCUT2D eigenvalue weighted by Gasteiger charge is 2.33. The fourth-order valence-electron chi connectivity index (χ4n) is 4.14. The number of amides is 2. The molecular formula is C29H34FN3O4S. The largest absolute Gasteiger partial charge is 0.352 e. The number of rotatable bonds is 11. The SMILES string of the molecule is Cc1cccc(N(CC(=O)N(Cc2ccccc2F)C(Cc2ccccc2)C(=O)NC(C)C)S(C)(=O)=O)c1. The molecule has 0 aliphatic rings. The Morgan fingerprint density at radius 3 is 2.21 bits per heavy atom. The van der Waals surface area contributed by atoms with E-state index in [2.05, 4.69) is 5.32 Å². The molecule has 1 N–H and O–H groups in total. The highest BCUT2D eigenvalue weighted by Crippen LogP contribution is 2.22. The van der Waals surface area contributed by atoms with Gasteiger partial charge in [0.15, 0.2) is 0 Å². The van der Waals surface area contributed by atoms with Crippen molar-refractivity contribution < 1.29 is 22.4 Å². The molecule has 202 valence electrons. The average molecular weight is 540 g/mol. The predicted octanol–water partition coefficient (Wildman–Crippen LogP) is 4.06. The normalized spacial score (nSPS) is 12.2. The number of halogens is 1. The molecule has 0 aliphatic carbocycles. The number of benzene rings is 3. The second-order valence-electron chi connectivity index (χ2n) is 9.59. The first-order valence-electron chi connectivity index (χ1n) is 12.4. The van der Waals surface area contributed by atoms with Gasteiger partial charge in [-0.25, -0.2) is 12.8 Å². The van der Waals surface area contributed by atoms with Crippen LogP contribution in [0.15, 0.2) is 78.9 Å². The molecule has 0 saturated carbocycles. The number of anilines is 1. The highest BCUT2D eigenvalue weighted by atomic mass is 32.2. The molecule has 0 aromatic heterocycles. The summed E-state index contributed by atoms with van der Waals surface area (Å²) in [5.41, 5.74) is 2.18. The topological polar surface area (TPSA) is 86.8 Å². The summed E-state index contributed by atoms with van der Waals surface area (Å²) in [5, 5.41) is 2.86. The van der Waals surface area contributed by atoms with E-state index in [4.69, 9.17) is 0 Å². The summed E-state index contributed by atoms with van der Waals surface area (Å²) in [6.07, 6.45) is 1.19. The monoisotopic (exact) mass is 539 g/mol. The van der Waals surface area contributed by atoms with E-state index in [9.17, 15) is 22.4 Å². The fraction of sp³-hybridized carbons (Fsp3) is 0.310. The highest BCUT2D eigenvalue weighted by molar-refractivity contribution is 7.92. The maximum atomic E-state index is 14.7. The predicted molar refractivity (Wildman–Crippen MR) is 148 cm³/mol. The summed E-state index contributed by atoms with van der Waals surface area (Å²) in [7, 11) is -3.86. The van der Waals surface area contributed by atoms with Gasteiger partial charge in [-0.1, -0.05) is 60.7 Å². The van der Waals surface area contributed by atoms with E-state index < -0.39 is 40.2 Å². The quantitative estimate of drug-likeness (QED) is 0.398. The summed E-state index contributed by atoms with van der Waals surface area (Å²) in [5.74, 6) is -1.55. The number of sulfonamides is 1. The van der Waals surface area contributed by atoms with Gasteiger partial charge in [0.25, 0.3) is 0 Å². The summed E-state index contributed by atoms with van der Waals surface area (Å²) in [6.45, 7) is 4.69. The van der Waals surface area contributed by atoms with Crippen LogP contribution in [0, 0.1) is 12.7 Å². The molecule has 1 atom stereocenters. The van der Waals surface area contributed by atoms with Gasteiger partial charge >= 0.3 is 0 Å². The van der Waals surface area contributed by atoms with E-state index in [0.29, 0.717) is 5.69 Å². The molecule has 3 aromatic carbocycles. The third-order valence-electron chi connectivity index (χ3n) is 5.97. The van der Waals surface area contributed by atoms with E-state index in [1.165, 1.54) is 11.0 Å². The Hall–Kier alpha value is -3.72. The number of carbonyl (C=O) groups is 2. The molecule has 7 nitrogen and oxygen atoms in total. The van der Waals surface area contributed by atoms with Gasteiger partial charge in [0.1, 0.15) is 18.4 Å². The van der Waals surface area contributed by atoms with Crippen molar-refractivity contribution in [1.29, 1.82) is 0 Å². The van der Waals surface area contributed by atoms with Crippen LogP contribution in [-0.2, 0) is 32.6 Å². The Labute approximate surface area is 224 Å². The zero-order valence-corrected chi connectivity index (χ0v) is 22.9. The Morgan fingerprint density at radius 2 is 1.61 bits per heavy atom. The molecule has 0 saturated heterocycles. The van der Waals surface area contributed by atoms with Crippen LogP contribution < -0.4 is 9.62 Å². The second kappa shape index (κ2) is 12.7. The minimum atomic E-state index is -3.86. The van der Waals surface area contributed by atoms with E-state index in [1.807, 2.05) is 57.2 Å². The van der Waals surface area contributed by atoms with Crippen LogP contribution in [0.1, 0.15) is 30.5 Å². The maximum Gasteiger partial charge on any atom is 0.244 e. The van der Waals surface area contributed by atoms with Crippen molar-refractivity contribution in [3.8, 4) is 0 Å². The number of nitrogens with zero attached hydrogens (tertiary/aromatic N) is 2. The van der Waals surface area contributed by atoms with Crippen molar-refractivity contribution >= 4 is 27.5 Å². The van der Waals surface area contributed by atoms with Crippen molar-refractivity contribution in [3.63, 3.8) is 0 Å². The molecule has 1 unspecified atom stereocenters. The van der Waals surface area contributed by atoms with E-state index in [1.54, 1.807) is 36.4 Å². The van der Waals surface area contributed by atoms with Crippen molar-refractivity contribution in [2.24, 2.45) is 0 Å². The van der Waals surface area contributed by atoms with Crippen LogP contribution in [0.5, 0.6) is 0 Å². The van der Waals surface area contributed by atoms with E-state index >= 15 is 0 Å². The lowest BCUT2D eigenvalue weighted by atomic mass is 10.0. The maximum absolute atomic E-state index is 14.7. The van der Waals surface area contributed by atoms with Gasteiger partial charge in [0, 0.05) is 24.6 Å². The molecule has 0 aliphatic heterocycles. The third-order valence-corrected chi connectivity index (χ3v) is 7.11. The van der Waals surface area contributed by atoms with Crippen LogP contribution in [-0.4, -0.2) is 50.0 Å². The van der Waals surface area contributed by atoms with Crippen molar-refractivity contribution in [2.45, 2.75) is 45.8 Å². The first kappa shape index (κ1) is 28.8. The van der Waals surface area contributed by atoms with Gasteiger partial charge in [-0.05, 0) is 50.1 Å². The number of nitrogens with one attached hydrogen (secondary N) is 1. The zero-order chi connectivity index (χ0) is 27.9. The third kappa shape index (κ3) is 7.89. The molecule has 3 rings (SSSR count). The number of hydrogen-bond donors (Lipinski definition) is 1. The van der Waals surface area contributed by atoms with Crippen molar-refractivity contribution in [2.75, 3.05) is 17.1 Å². The zero-order valence-electron chi connectivity index (χ0n) is 22.1. The molecule has 0 heterocycles. The Morgan fingerprint density at radius 1 is 0.947 bits per heavy atom. The summed E-state index contributed by atoms with van der Waals surface area (Å²) >= 11 is 0. The Balaban J connectivity index is 2.07. The van der Waals surface area contributed by atoms with Crippen molar-refractivity contribution in [1.82, 2.24) is 10.2 Å². The Kier molecular flexibility index (Phi) is 9.63. The molecule has 0 radical (unpaired) electrons. The molecular weight excluding hydrogens is 505 g/mol. The molecule has 0 fully saturated rings. The van der Waals surface area contributed by atoms with Gasteiger partial charge in [0.2, 0.25) is 21.8 Å². The molecule has 3 aromatic rings. The second-order valence-corrected chi connectivity index (χ2v) is 11.5. The standard InChI is InChI=1S/C29H34FN3O4S/c1-21(2)31-29(35)27(18-23-12-6-5-7-13-23)32(19-24-14-8-9-16-26(24)30)28(34)20-33(38(4,36)37)25-15-10-11-22(3)17-25/h5-17,21,27H,18-20H2,1-4H3,(H,31,35). The molecule has 2 amide bonds. The number of aryl methyl sites for hydroxylation is 1. The fourth-order valence-corrected chi connectivity index (χ4v) is 4.98. The smallest absolute Gasteiger partial charge is 0.244 e. The minimum Gasteiger partial charge on any atom is -0.352 e. The van der Waals surface area contributed by atoms with Crippen molar-refractivity contribution in [3.05, 3.63) is 101 Å². The first-order valence-corrected chi connectivity index (χ1v) is 14.2. The van der Waals surface area contributed by atoms with Crippen LogP contribution in [0.3, 0.4) is 0 Å². The van der Waals surface area contributed by atoms with Crippen LogP contribution in [0.2, 0.25) is 0 Å². The van der Waals surface area contributed by atoms with Gasteiger partial charge in [-0.2, -0.15) is 0 Å².